The zero-order chi connectivity index (χ0) is 25.3. The van der Waals surface area contributed by atoms with Crippen LogP contribution in [0.5, 0.6) is 0 Å². The van der Waals surface area contributed by atoms with Crippen molar-refractivity contribution in [2.45, 2.75) is 57.8 Å². The Morgan fingerprint density at radius 2 is 1.89 bits per heavy atom. The Morgan fingerprint density at radius 3 is 2.54 bits per heavy atom. The highest BCUT2D eigenvalue weighted by Crippen LogP contribution is 2.33. The van der Waals surface area contributed by atoms with E-state index in [-0.39, 0.29) is 5.56 Å². The first kappa shape index (κ1) is 24.4. The molecular formula is C26H28F2N4O3. The molecule has 3 atom stereocenters. The smallest absolute Gasteiger partial charge is 0.408 e. The van der Waals surface area contributed by atoms with Crippen LogP contribution in [0.4, 0.5) is 13.6 Å². The standard InChI is InChI=1S/C26H28F2N4O3/c1-15-29-11-12-32(15)23(19-10-9-17(27)14-20(19)28)24(33)30-21-13-16-7-5-6-8-18(16)22(21)31-25(34)35-26(2,3)4/h5-12,14,21-23H,13H2,1-4H3,(H,30,33)(H,31,34)/t21-,22-,23?/m0/s1. The Hall–Kier alpha value is -3.75. The van der Waals surface area contributed by atoms with Crippen molar-refractivity contribution < 1.29 is 23.1 Å². The normalized spacial score (nSPS) is 18.0. The number of halogens is 2. The number of nitrogens with one attached hydrogen (secondary N) is 2. The number of hydrogen-bond acceptors (Lipinski definition) is 4. The van der Waals surface area contributed by atoms with Gasteiger partial charge in [-0.15, -0.1) is 0 Å². The Labute approximate surface area is 202 Å². The van der Waals surface area contributed by atoms with E-state index in [0.29, 0.717) is 12.2 Å². The monoisotopic (exact) mass is 482 g/mol. The molecule has 9 heteroatoms. The first-order valence-electron chi connectivity index (χ1n) is 11.4. The summed E-state index contributed by atoms with van der Waals surface area (Å²) in [5.41, 5.74) is 1.16. The Kier molecular flexibility index (Phi) is 6.60. The van der Waals surface area contributed by atoms with Gasteiger partial charge in [0.2, 0.25) is 5.91 Å². The summed E-state index contributed by atoms with van der Waals surface area (Å²) >= 11 is 0. The van der Waals surface area contributed by atoms with Crippen molar-refractivity contribution in [1.82, 2.24) is 20.2 Å². The van der Waals surface area contributed by atoms with Crippen LogP contribution in [0.1, 0.15) is 55.4 Å². The third kappa shape index (κ3) is 5.34. The molecular weight excluding hydrogens is 454 g/mol. The number of rotatable bonds is 5. The van der Waals surface area contributed by atoms with Crippen molar-refractivity contribution in [2.75, 3.05) is 0 Å². The second kappa shape index (κ2) is 9.48. The number of carbonyl (C=O) groups is 2. The van der Waals surface area contributed by atoms with Crippen molar-refractivity contribution in [1.29, 1.82) is 0 Å². The van der Waals surface area contributed by atoms with E-state index in [1.54, 1.807) is 33.9 Å². The zero-order valence-electron chi connectivity index (χ0n) is 20.0. The summed E-state index contributed by atoms with van der Waals surface area (Å²) in [5.74, 6) is -1.59. The van der Waals surface area contributed by atoms with Gasteiger partial charge in [-0.1, -0.05) is 30.3 Å². The second-order valence-electron chi connectivity index (χ2n) is 9.59. The summed E-state index contributed by atoms with van der Waals surface area (Å²) in [6.07, 6.45) is 2.94. The lowest BCUT2D eigenvalue weighted by atomic mass is 10.0. The molecule has 1 unspecified atom stereocenters. The van der Waals surface area contributed by atoms with Crippen molar-refractivity contribution >= 4 is 12.0 Å². The van der Waals surface area contributed by atoms with E-state index in [1.807, 2.05) is 24.3 Å². The summed E-state index contributed by atoms with van der Waals surface area (Å²) < 4.78 is 35.3. The minimum absolute atomic E-state index is 0.0113. The van der Waals surface area contributed by atoms with Gasteiger partial charge in [-0.3, -0.25) is 4.79 Å². The lowest BCUT2D eigenvalue weighted by molar-refractivity contribution is -0.124. The number of benzene rings is 2. The van der Waals surface area contributed by atoms with Crippen LogP contribution in [-0.4, -0.2) is 33.2 Å². The van der Waals surface area contributed by atoms with Crippen LogP contribution in [0, 0.1) is 18.6 Å². The molecule has 4 rings (SSSR count). The van der Waals surface area contributed by atoms with Gasteiger partial charge in [0.15, 0.2) is 0 Å². The molecule has 0 fully saturated rings. The minimum atomic E-state index is -1.12. The van der Waals surface area contributed by atoms with Crippen LogP contribution in [0.15, 0.2) is 54.9 Å². The van der Waals surface area contributed by atoms with Gasteiger partial charge < -0.3 is 19.9 Å². The maximum atomic E-state index is 14.8. The van der Waals surface area contributed by atoms with E-state index >= 15 is 0 Å². The van der Waals surface area contributed by atoms with E-state index in [1.165, 1.54) is 16.8 Å². The van der Waals surface area contributed by atoms with Crippen LogP contribution >= 0.6 is 0 Å². The fraction of sp³-hybridized carbons (Fsp3) is 0.346. The average Bonchev–Trinajstić information content (AvgIpc) is 3.32. The second-order valence-corrected chi connectivity index (χ2v) is 9.59. The Morgan fingerprint density at radius 1 is 1.14 bits per heavy atom. The highest BCUT2D eigenvalue weighted by atomic mass is 19.1. The summed E-state index contributed by atoms with van der Waals surface area (Å²) in [6, 6.07) is 8.51. The molecule has 35 heavy (non-hydrogen) atoms. The van der Waals surface area contributed by atoms with Gasteiger partial charge in [0.25, 0.3) is 0 Å². The van der Waals surface area contributed by atoms with E-state index < -0.39 is 47.4 Å². The van der Waals surface area contributed by atoms with Crippen LogP contribution < -0.4 is 10.6 Å². The summed E-state index contributed by atoms with van der Waals surface area (Å²) in [4.78, 5) is 30.4. The maximum absolute atomic E-state index is 14.8. The van der Waals surface area contributed by atoms with Crippen LogP contribution in [0.25, 0.3) is 0 Å². The Bertz CT molecular complexity index is 1250. The number of alkyl carbamates (subject to hydrolysis) is 1. The number of amides is 2. The highest BCUT2D eigenvalue weighted by Gasteiger charge is 2.37. The fourth-order valence-corrected chi connectivity index (χ4v) is 4.41. The number of carbonyl (C=O) groups excluding carboxylic acids is 2. The van der Waals surface area contributed by atoms with Crippen LogP contribution in [0.2, 0.25) is 0 Å². The molecule has 0 radical (unpaired) electrons. The number of hydrogen-bond donors (Lipinski definition) is 2. The molecule has 1 aromatic heterocycles. The molecule has 2 amide bonds. The molecule has 2 N–H and O–H groups in total. The van der Waals surface area contributed by atoms with Gasteiger partial charge in [0.1, 0.15) is 29.1 Å². The van der Waals surface area contributed by atoms with Gasteiger partial charge >= 0.3 is 6.09 Å². The maximum Gasteiger partial charge on any atom is 0.408 e. The summed E-state index contributed by atoms with van der Waals surface area (Å²) in [7, 11) is 0. The number of fused-ring (bicyclic) bond motifs is 1. The lowest BCUT2D eigenvalue weighted by Gasteiger charge is -2.28. The third-order valence-corrected chi connectivity index (χ3v) is 5.88. The number of aryl methyl sites for hydroxylation is 1. The molecule has 0 spiro atoms. The first-order chi connectivity index (χ1) is 16.5. The quantitative estimate of drug-likeness (QED) is 0.566. The molecule has 0 bridgehead atoms. The number of ether oxygens (including phenoxy) is 1. The highest BCUT2D eigenvalue weighted by molar-refractivity contribution is 5.84. The summed E-state index contributed by atoms with van der Waals surface area (Å²) in [6.45, 7) is 7.00. The van der Waals surface area contributed by atoms with Crippen LogP contribution in [0.3, 0.4) is 0 Å². The average molecular weight is 483 g/mol. The Balaban J connectivity index is 1.64. The molecule has 3 aromatic rings. The molecule has 0 saturated heterocycles. The zero-order valence-corrected chi connectivity index (χ0v) is 20.0. The van der Waals surface area contributed by atoms with Crippen molar-refractivity contribution in [3.63, 3.8) is 0 Å². The molecule has 1 aliphatic carbocycles. The number of nitrogens with zero attached hydrogens (tertiary/aromatic N) is 2. The summed E-state index contributed by atoms with van der Waals surface area (Å²) in [5, 5.41) is 5.85. The molecule has 2 aromatic carbocycles. The predicted octanol–water partition coefficient (Wildman–Crippen LogP) is 4.37. The number of aromatic nitrogens is 2. The van der Waals surface area contributed by atoms with Crippen molar-refractivity contribution in [2.24, 2.45) is 0 Å². The van der Waals surface area contributed by atoms with Crippen molar-refractivity contribution in [3.8, 4) is 0 Å². The van der Waals surface area contributed by atoms with E-state index in [9.17, 15) is 18.4 Å². The van der Waals surface area contributed by atoms with E-state index in [0.717, 1.165) is 23.3 Å². The largest absolute Gasteiger partial charge is 0.444 e. The first-order valence-corrected chi connectivity index (χ1v) is 11.4. The van der Waals surface area contributed by atoms with Crippen molar-refractivity contribution in [3.05, 3.63) is 89.0 Å². The minimum Gasteiger partial charge on any atom is -0.444 e. The van der Waals surface area contributed by atoms with Gasteiger partial charge in [0, 0.05) is 24.0 Å². The van der Waals surface area contributed by atoms with Gasteiger partial charge in [-0.2, -0.15) is 0 Å². The van der Waals surface area contributed by atoms with E-state index in [4.69, 9.17) is 4.74 Å². The molecule has 1 heterocycles. The molecule has 184 valence electrons. The number of imidazole rings is 1. The lowest BCUT2D eigenvalue weighted by Crippen LogP contribution is -2.47. The molecule has 0 aliphatic heterocycles. The molecule has 0 saturated carbocycles. The van der Waals surface area contributed by atoms with Gasteiger partial charge in [-0.25, -0.2) is 18.6 Å². The predicted molar refractivity (Wildman–Crippen MR) is 126 cm³/mol. The molecule has 7 nitrogen and oxygen atoms in total. The fourth-order valence-electron chi connectivity index (χ4n) is 4.41. The van der Waals surface area contributed by atoms with Crippen LogP contribution in [-0.2, 0) is 16.0 Å². The SMILES string of the molecule is Cc1nccn1C(C(=O)N[C@H]1Cc2ccccc2[C@@H]1NC(=O)OC(C)(C)C)c1ccc(F)cc1F. The molecule has 1 aliphatic rings. The third-order valence-electron chi connectivity index (χ3n) is 5.88. The van der Waals surface area contributed by atoms with E-state index in [2.05, 4.69) is 15.6 Å². The topological polar surface area (TPSA) is 85.3 Å². The van der Waals surface area contributed by atoms with Gasteiger partial charge in [-0.05, 0) is 51.3 Å². The van der Waals surface area contributed by atoms with Gasteiger partial charge in [0.05, 0.1) is 12.1 Å².